The largest absolute Gasteiger partial charge is 0.492 e. The smallest absolute Gasteiger partial charge is 0.119 e. The molecule has 2 aliphatic rings. The second kappa shape index (κ2) is 7.87. The van der Waals surface area contributed by atoms with E-state index in [1.807, 2.05) is 0 Å². The van der Waals surface area contributed by atoms with Crippen LogP contribution in [0.15, 0.2) is 18.2 Å². The van der Waals surface area contributed by atoms with Gasteiger partial charge in [0.25, 0.3) is 0 Å². The van der Waals surface area contributed by atoms with Gasteiger partial charge in [-0.25, -0.2) is 0 Å². The van der Waals surface area contributed by atoms with Crippen LogP contribution in [0.3, 0.4) is 0 Å². The van der Waals surface area contributed by atoms with Gasteiger partial charge >= 0.3 is 0 Å². The maximum atomic E-state index is 5.79. The number of ether oxygens (including phenoxy) is 2. The van der Waals surface area contributed by atoms with E-state index in [1.54, 1.807) is 0 Å². The number of hydrogen-bond acceptors (Lipinski definition) is 3. The second-order valence-corrected chi connectivity index (χ2v) is 5.47. The van der Waals surface area contributed by atoms with Gasteiger partial charge in [0.15, 0.2) is 0 Å². The fraction of sp³-hybridized carbons (Fsp3) is 0.625. The molecule has 3 nitrogen and oxygen atoms in total. The Morgan fingerprint density at radius 2 is 2.10 bits per heavy atom. The highest BCUT2D eigenvalue weighted by atomic mass is 35.5. The van der Waals surface area contributed by atoms with Crippen molar-refractivity contribution in [3.63, 3.8) is 0 Å². The number of halogens is 1. The molecular formula is C16H24ClNO2. The first-order valence-corrected chi connectivity index (χ1v) is 7.49. The Morgan fingerprint density at radius 3 is 2.95 bits per heavy atom. The first-order valence-electron chi connectivity index (χ1n) is 7.49. The average molecular weight is 298 g/mol. The number of aryl methyl sites for hydroxylation is 2. The van der Waals surface area contributed by atoms with Crippen LogP contribution in [-0.2, 0) is 17.6 Å². The molecule has 112 valence electrons. The monoisotopic (exact) mass is 297 g/mol. The SMILES string of the molecule is Cl.c1cc2c(cc1OCCNCC1CCCO1)CCC2. The summed E-state index contributed by atoms with van der Waals surface area (Å²) in [6, 6.07) is 6.53. The molecule has 0 aromatic heterocycles. The topological polar surface area (TPSA) is 30.5 Å². The third kappa shape index (κ3) is 4.11. The average Bonchev–Trinajstić information content (AvgIpc) is 3.08. The number of nitrogens with one attached hydrogen (secondary N) is 1. The van der Waals surface area contributed by atoms with Crippen molar-refractivity contribution in [3.05, 3.63) is 29.3 Å². The van der Waals surface area contributed by atoms with Crippen molar-refractivity contribution in [2.45, 2.75) is 38.2 Å². The number of fused-ring (bicyclic) bond motifs is 1. The van der Waals surface area contributed by atoms with Gasteiger partial charge in [-0.15, -0.1) is 12.4 Å². The van der Waals surface area contributed by atoms with Crippen molar-refractivity contribution in [3.8, 4) is 5.75 Å². The van der Waals surface area contributed by atoms with E-state index >= 15 is 0 Å². The van der Waals surface area contributed by atoms with Crippen LogP contribution in [0.25, 0.3) is 0 Å². The highest BCUT2D eigenvalue weighted by Crippen LogP contribution is 2.25. The third-order valence-corrected chi connectivity index (χ3v) is 4.01. The lowest BCUT2D eigenvalue weighted by Crippen LogP contribution is -2.29. The predicted molar refractivity (Wildman–Crippen MR) is 83.1 cm³/mol. The summed E-state index contributed by atoms with van der Waals surface area (Å²) in [7, 11) is 0. The molecule has 0 amide bonds. The summed E-state index contributed by atoms with van der Waals surface area (Å²) < 4.78 is 11.4. The summed E-state index contributed by atoms with van der Waals surface area (Å²) in [5.41, 5.74) is 2.98. The molecule has 1 fully saturated rings. The summed E-state index contributed by atoms with van der Waals surface area (Å²) in [6.07, 6.45) is 6.56. The van der Waals surface area contributed by atoms with Gasteiger partial charge in [0, 0.05) is 19.7 Å². The van der Waals surface area contributed by atoms with Crippen LogP contribution in [0.5, 0.6) is 5.75 Å². The summed E-state index contributed by atoms with van der Waals surface area (Å²) in [5, 5.41) is 3.40. The Kier molecular flexibility index (Phi) is 6.14. The Labute approximate surface area is 127 Å². The van der Waals surface area contributed by atoms with Crippen molar-refractivity contribution in [1.29, 1.82) is 0 Å². The van der Waals surface area contributed by atoms with E-state index in [-0.39, 0.29) is 12.4 Å². The fourth-order valence-electron chi connectivity index (χ4n) is 2.95. The van der Waals surface area contributed by atoms with E-state index in [0.29, 0.717) is 6.10 Å². The molecule has 1 unspecified atom stereocenters. The lowest BCUT2D eigenvalue weighted by Gasteiger charge is -2.12. The Bertz CT molecular complexity index is 419. The molecule has 20 heavy (non-hydrogen) atoms. The predicted octanol–water partition coefficient (Wildman–Crippen LogP) is 2.74. The van der Waals surface area contributed by atoms with Crippen LogP contribution in [0.4, 0.5) is 0 Å². The van der Waals surface area contributed by atoms with Crippen LogP contribution in [0.1, 0.15) is 30.4 Å². The highest BCUT2D eigenvalue weighted by molar-refractivity contribution is 5.85. The van der Waals surface area contributed by atoms with Crippen molar-refractivity contribution in [1.82, 2.24) is 5.32 Å². The molecule has 0 spiro atoms. The fourth-order valence-corrected chi connectivity index (χ4v) is 2.95. The van der Waals surface area contributed by atoms with E-state index < -0.39 is 0 Å². The standard InChI is InChI=1S/C16H23NO2.ClH/c1-3-13-6-7-15(11-14(13)4-1)19-10-8-17-12-16-5-2-9-18-16;/h6-7,11,16-17H,1-5,8-10,12H2;1H. The van der Waals surface area contributed by atoms with Crippen molar-refractivity contribution < 1.29 is 9.47 Å². The second-order valence-electron chi connectivity index (χ2n) is 5.47. The van der Waals surface area contributed by atoms with Crippen LogP contribution in [-0.4, -0.2) is 32.4 Å². The molecule has 3 rings (SSSR count). The van der Waals surface area contributed by atoms with Gasteiger partial charge in [0.1, 0.15) is 12.4 Å². The van der Waals surface area contributed by atoms with E-state index in [2.05, 4.69) is 23.5 Å². The normalized spacial score (nSPS) is 20.5. The quantitative estimate of drug-likeness (QED) is 0.819. The lowest BCUT2D eigenvalue weighted by atomic mass is 10.1. The Hall–Kier alpha value is -0.770. The van der Waals surface area contributed by atoms with Crippen LogP contribution < -0.4 is 10.1 Å². The molecule has 1 N–H and O–H groups in total. The molecule has 0 saturated carbocycles. The maximum Gasteiger partial charge on any atom is 0.119 e. The zero-order chi connectivity index (χ0) is 12.9. The van der Waals surface area contributed by atoms with E-state index in [0.717, 1.165) is 32.1 Å². The van der Waals surface area contributed by atoms with Crippen LogP contribution in [0.2, 0.25) is 0 Å². The molecule has 1 aromatic rings. The van der Waals surface area contributed by atoms with Gasteiger partial charge in [-0.3, -0.25) is 0 Å². The minimum absolute atomic E-state index is 0. The summed E-state index contributed by atoms with van der Waals surface area (Å²) in [5.74, 6) is 1.01. The molecule has 1 aliphatic carbocycles. The molecule has 0 bridgehead atoms. The molecule has 0 radical (unpaired) electrons. The first kappa shape index (κ1) is 15.6. The number of rotatable bonds is 6. The van der Waals surface area contributed by atoms with Crippen molar-refractivity contribution in [2.75, 3.05) is 26.3 Å². The molecule has 1 aliphatic heterocycles. The minimum atomic E-state index is 0. The van der Waals surface area contributed by atoms with E-state index in [4.69, 9.17) is 9.47 Å². The van der Waals surface area contributed by atoms with E-state index in [9.17, 15) is 0 Å². The minimum Gasteiger partial charge on any atom is -0.492 e. The van der Waals surface area contributed by atoms with Gasteiger partial charge in [-0.05, 0) is 55.4 Å². The Balaban J connectivity index is 0.00000147. The van der Waals surface area contributed by atoms with Gasteiger partial charge < -0.3 is 14.8 Å². The molecule has 4 heteroatoms. The molecule has 1 aromatic carbocycles. The molecule has 1 atom stereocenters. The van der Waals surface area contributed by atoms with E-state index in [1.165, 1.54) is 43.2 Å². The highest BCUT2D eigenvalue weighted by Gasteiger charge is 2.14. The van der Waals surface area contributed by atoms with Gasteiger partial charge in [-0.1, -0.05) is 6.07 Å². The number of benzene rings is 1. The molecule has 1 saturated heterocycles. The van der Waals surface area contributed by atoms with Crippen molar-refractivity contribution in [2.24, 2.45) is 0 Å². The van der Waals surface area contributed by atoms with Crippen LogP contribution >= 0.6 is 12.4 Å². The zero-order valence-electron chi connectivity index (χ0n) is 11.9. The summed E-state index contributed by atoms with van der Waals surface area (Å²) in [4.78, 5) is 0. The molecule has 1 heterocycles. The maximum absolute atomic E-state index is 5.79. The number of hydrogen-bond donors (Lipinski definition) is 1. The molecular weight excluding hydrogens is 274 g/mol. The van der Waals surface area contributed by atoms with Gasteiger partial charge in [-0.2, -0.15) is 0 Å². The third-order valence-electron chi connectivity index (χ3n) is 4.01. The summed E-state index contributed by atoms with van der Waals surface area (Å²) >= 11 is 0. The zero-order valence-corrected chi connectivity index (χ0v) is 12.7. The van der Waals surface area contributed by atoms with Crippen LogP contribution in [0, 0.1) is 0 Å². The van der Waals surface area contributed by atoms with Gasteiger partial charge in [0.2, 0.25) is 0 Å². The Morgan fingerprint density at radius 1 is 1.20 bits per heavy atom. The van der Waals surface area contributed by atoms with Crippen molar-refractivity contribution >= 4 is 12.4 Å². The van der Waals surface area contributed by atoms with Gasteiger partial charge in [0.05, 0.1) is 6.10 Å². The summed E-state index contributed by atoms with van der Waals surface area (Å²) in [6.45, 7) is 3.49. The first-order chi connectivity index (χ1) is 9.42. The lowest BCUT2D eigenvalue weighted by molar-refractivity contribution is 0.109.